The second-order valence-corrected chi connectivity index (χ2v) is 3.97. The van der Waals surface area contributed by atoms with E-state index < -0.39 is 10.7 Å². The number of aromatic nitrogens is 2. The van der Waals surface area contributed by atoms with Crippen molar-refractivity contribution in [2.75, 3.05) is 5.73 Å². The molecule has 0 bridgehead atoms. The first-order valence-electron chi connectivity index (χ1n) is 4.88. The first-order chi connectivity index (χ1) is 8.49. The van der Waals surface area contributed by atoms with Crippen LogP contribution >= 0.6 is 11.6 Å². The molecule has 0 aliphatic carbocycles. The lowest BCUT2D eigenvalue weighted by molar-refractivity contribution is -0.384. The summed E-state index contributed by atoms with van der Waals surface area (Å²) < 4.78 is 14.1. The van der Waals surface area contributed by atoms with Crippen LogP contribution in [0, 0.1) is 15.9 Å². The van der Waals surface area contributed by atoms with Gasteiger partial charge in [-0.3, -0.25) is 10.1 Å². The second-order valence-electron chi connectivity index (χ2n) is 3.57. The van der Waals surface area contributed by atoms with Gasteiger partial charge in [0.15, 0.2) is 0 Å². The Balaban J connectivity index is 2.32. The molecule has 8 heteroatoms. The SMILES string of the molecule is Nc1c([N+](=O)[O-])cnn1Cc1ccc(F)cc1Cl. The van der Waals surface area contributed by atoms with Gasteiger partial charge in [-0.05, 0) is 17.7 Å². The van der Waals surface area contributed by atoms with Crippen molar-refractivity contribution in [1.29, 1.82) is 0 Å². The Labute approximate surface area is 106 Å². The van der Waals surface area contributed by atoms with Crippen molar-refractivity contribution in [3.63, 3.8) is 0 Å². The highest BCUT2D eigenvalue weighted by Gasteiger charge is 2.18. The molecule has 0 aliphatic rings. The number of anilines is 1. The van der Waals surface area contributed by atoms with Gasteiger partial charge in [-0.1, -0.05) is 17.7 Å². The fraction of sp³-hybridized carbons (Fsp3) is 0.100. The molecule has 0 atom stereocenters. The van der Waals surface area contributed by atoms with E-state index in [2.05, 4.69) is 5.10 Å². The van der Waals surface area contributed by atoms with Crippen molar-refractivity contribution in [3.05, 3.63) is 50.9 Å². The molecule has 1 aromatic heterocycles. The Kier molecular flexibility index (Phi) is 3.15. The topological polar surface area (TPSA) is 87.0 Å². The predicted molar refractivity (Wildman–Crippen MR) is 63.8 cm³/mol. The Hall–Kier alpha value is -2.15. The third kappa shape index (κ3) is 2.25. The van der Waals surface area contributed by atoms with Crippen LogP contribution in [0.4, 0.5) is 15.9 Å². The second kappa shape index (κ2) is 4.61. The van der Waals surface area contributed by atoms with E-state index in [1.807, 2.05) is 0 Å². The molecule has 1 heterocycles. The van der Waals surface area contributed by atoms with E-state index in [1.54, 1.807) is 0 Å². The fourth-order valence-corrected chi connectivity index (χ4v) is 1.69. The average Bonchev–Trinajstić information content (AvgIpc) is 2.64. The molecule has 0 amide bonds. The summed E-state index contributed by atoms with van der Waals surface area (Å²) in [5, 5.41) is 14.6. The number of nitrogens with two attached hydrogens (primary N) is 1. The van der Waals surface area contributed by atoms with E-state index in [9.17, 15) is 14.5 Å². The quantitative estimate of drug-likeness (QED) is 0.684. The van der Waals surface area contributed by atoms with Crippen molar-refractivity contribution in [2.24, 2.45) is 0 Å². The minimum Gasteiger partial charge on any atom is -0.378 e. The van der Waals surface area contributed by atoms with E-state index in [4.69, 9.17) is 17.3 Å². The van der Waals surface area contributed by atoms with Crippen molar-refractivity contribution < 1.29 is 9.31 Å². The highest BCUT2D eigenvalue weighted by Crippen LogP contribution is 2.23. The van der Waals surface area contributed by atoms with Gasteiger partial charge in [0, 0.05) is 5.02 Å². The summed E-state index contributed by atoms with van der Waals surface area (Å²) in [6.45, 7) is 0.138. The van der Waals surface area contributed by atoms with Crippen LogP contribution in [0.5, 0.6) is 0 Å². The summed E-state index contributed by atoms with van der Waals surface area (Å²) in [5.41, 5.74) is 5.88. The fourth-order valence-electron chi connectivity index (χ4n) is 1.46. The van der Waals surface area contributed by atoms with Crippen LogP contribution in [0.1, 0.15) is 5.56 Å². The summed E-state index contributed by atoms with van der Waals surface area (Å²) >= 11 is 5.85. The molecule has 2 rings (SSSR count). The zero-order valence-corrected chi connectivity index (χ0v) is 9.76. The van der Waals surface area contributed by atoms with E-state index in [0.29, 0.717) is 5.56 Å². The monoisotopic (exact) mass is 270 g/mol. The summed E-state index contributed by atoms with van der Waals surface area (Å²) in [7, 11) is 0. The van der Waals surface area contributed by atoms with Crippen molar-refractivity contribution in [3.8, 4) is 0 Å². The summed E-state index contributed by atoms with van der Waals surface area (Å²) in [5.74, 6) is -0.524. The van der Waals surface area contributed by atoms with Crippen molar-refractivity contribution >= 4 is 23.1 Å². The number of nitrogens with zero attached hydrogens (tertiary/aromatic N) is 3. The van der Waals surface area contributed by atoms with Crippen molar-refractivity contribution in [2.45, 2.75) is 6.54 Å². The first-order valence-corrected chi connectivity index (χ1v) is 5.26. The molecular weight excluding hydrogens is 263 g/mol. The standard InChI is InChI=1S/C10H8ClFN4O2/c11-8-3-7(12)2-1-6(8)5-15-10(13)9(4-14-15)16(17)18/h1-4H,5,13H2. The lowest BCUT2D eigenvalue weighted by atomic mass is 10.2. The molecule has 2 aromatic rings. The minimum absolute atomic E-state index is 0.0691. The Morgan fingerprint density at radius 2 is 2.28 bits per heavy atom. The molecule has 2 N–H and O–H groups in total. The Morgan fingerprint density at radius 1 is 1.56 bits per heavy atom. The van der Waals surface area contributed by atoms with Gasteiger partial charge in [-0.25, -0.2) is 9.07 Å². The van der Waals surface area contributed by atoms with Crippen LogP contribution < -0.4 is 5.73 Å². The van der Waals surface area contributed by atoms with Gasteiger partial charge in [-0.2, -0.15) is 5.10 Å². The zero-order valence-electron chi connectivity index (χ0n) is 9.01. The molecule has 18 heavy (non-hydrogen) atoms. The molecule has 0 unspecified atom stereocenters. The molecule has 0 fully saturated rings. The molecule has 0 spiro atoms. The lowest BCUT2D eigenvalue weighted by Crippen LogP contribution is -2.07. The van der Waals surface area contributed by atoms with E-state index in [1.165, 1.54) is 16.8 Å². The molecule has 0 radical (unpaired) electrons. The number of rotatable bonds is 3. The van der Waals surface area contributed by atoms with Gasteiger partial charge in [0.2, 0.25) is 5.82 Å². The number of nitrogen functional groups attached to an aromatic ring is 1. The minimum atomic E-state index is -0.620. The maximum absolute atomic E-state index is 12.9. The average molecular weight is 271 g/mol. The van der Waals surface area contributed by atoms with Gasteiger partial charge in [0.05, 0.1) is 11.5 Å². The van der Waals surface area contributed by atoms with E-state index >= 15 is 0 Å². The molecule has 0 saturated carbocycles. The van der Waals surface area contributed by atoms with Crippen LogP contribution in [0.2, 0.25) is 5.02 Å². The summed E-state index contributed by atoms with van der Waals surface area (Å²) in [6.07, 6.45) is 1.06. The molecule has 1 aromatic carbocycles. The number of nitro groups is 1. The van der Waals surface area contributed by atoms with Crippen LogP contribution in [-0.2, 0) is 6.54 Å². The summed E-state index contributed by atoms with van der Waals surface area (Å²) in [6, 6.07) is 3.88. The molecule has 0 saturated heterocycles. The highest BCUT2D eigenvalue weighted by molar-refractivity contribution is 6.31. The van der Waals surface area contributed by atoms with Crippen LogP contribution in [-0.4, -0.2) is 14.7 Å². The number of benzene rings is 1. The third-order valence-electron chi connectivity index (χ3n) is 2.39. The zero-order chi connectivity index (χ0) is 13.3. The number of hydrogen-bond acceptors (Lipinski definition) is 4. The first kappa shape index (κ1) is 12.3. The predicted octanol–water partition coefficient (Wildman–Crippen LogP) is 2.21. The van der Waals surface area contributed by atoms with Gasteiger partial charge in [-0.15, -0.1) is 0 Å². The smallest absolute Gasteiger partial charge is 0.330 e. The van der Waals surface area contributed by atoms with E-state index in [-0.39, 0.29) is 23.1 Å². The molecule has 0 aliphatic heterocycles. The lowest BCUT2D eigenvalue weighted by Gasteiger charge is -2.05. The normalized spacial score (nSPS) is 10.6. The Morgan fingerprint density at radius 3 is 2.83 bits per heavy atom. The highest BCUT2D eigenvalue weighted by atomic mass is 35.5. The third-order valence-corrected chi connectivity index (χ3v) is 2.74. The van der Waals surface area contributed by atoms with Crippen LogP contribution in [0.15, 0.2) is 24.4 Å². The van der Waals surface area contributed by atoms with E-state index in [0.717, 1.165) is 12.3 Å². The van der Waals surface area contributed by atoms with Crippen LogP contribution in [0.25, 0.3) is 0 Å². The number of halogens is 2. The van der Waals surface area contributed by atoms with Crippen molar-refractivity contribution in [1.82, 2.24) is 9.78 Å². The molecule has 6 nitrogen and oxygen atoms in total. The summed E-state index contributed by atoms with van der Waals surface area (Å²) in [4.78, 5) is 9.98. The van der Waals surface area contributed by atoms with Crippen LogP contribution in [0.3, 0.4) is 0 Å². The van der Waals surface area contributed by atoms with Gasteiger partial charge >= 0.3 is 5.69 Å². The maximum atomic E-state index is 12.9. The van der Waals surface area contributed by atoms with Gasteiger partial charge in [0.25, 0.3) is 0 Å². The molecular formula is C10H8ClFN4O2. The molecule has 94 valence electrons. The van der Waals surface area contributed by atoms with Gasteiger partial charge < -0.3 is 5.73 Å². The maximum Gasteiger partial charge on any atom is 0.330 e. The van der Waals surface area contributed by atoms with Gasteiger partial charge in [0.1, 0.15) is 12.0 Å². The Bertz CT molecular complexity index is 614. The largest absolute Gasteiger partial charge is 0.378 e. The number of hydrogen-bond donors (Lipinski definition) is 1.